The second-order valence-electron chi connectivity index (χ2n) is 4.13. The van der Waals surface area contributed by atoms with Gasteiger partial charge in [-0.25, -0.2) is 0 Å². The summed E-state index contributed by atoms with van der Waals surface area (Å²) < 4.78 is 5.46. The number of nitriles is 1. The normalized spacial score (nSPS) is 11.6. The predicted octanol–water partition coefficient (Wildman–Crippen LogP) is 2.25. The van der Waals surface area contributed by atoms with Crippen LogP contribution in [-0.2, 0) is 0 Å². The van der Waals surface area contributed by atoms with E-state index in [1.54, 1.807) is 48.5 Å². The first kappa shape index (κ1) is 12.9. The predicted molar refractivity (Wildman–Crippen MR) is 72.5 cm³/mol. The van der Waals surface area contributed by atoms with Crippen molar-refractivity contribution in [2.75, 3.05) is 12.3 Å². The van der Waals surface area contributed by atoms with Gasteiger partial charge in [-0.1, -0.05) is 18.2 Å². The first-order valence-electron chi connectivity index (χ1n) is 5.85. The lowest BCUT2D eigenvalue weighted by Crippen LogP contribution is -2.09. The van der Waals surface area contributed by atoms with Crippen molar-refractivity contribution in [1.29, 1.82) is 5.26 Å². The van der Waals surface area contributed by atoms with Gasteiger partial charge in [0.1, 0.15) is 18.5 Å². The van der Waals surface area contributed by atoms with E-state index in [-0.39, 0.29) is 6.61 Å². The fourth-order valence-electron chi connectivity index (χ4n) is 1.64. The molecule has 1 unspecified atom stereocenters. The Labute approximate surface area is 111 Å². The summed E-state index contributed by atoms with van der Waals surface area (Å²) in [4.78, 5) is 0. The maximum absolute atomic E-state index is 9.97. The summed E-state index contributed by atoms with van der Waals surface area (Å²) >= 11 is 0. The van der Waals surface area contributed by atoms with E-state index in [1.807, 2.05) is 6.07 Å². The Morgan fingerprint density at radius 3 is 2.63 bits per heavy atom. The summed E-state index contributed by atoms with van der Waals surface area (Å²) in [7, 11) is 0. The molecular weight excluding hydrogens is 240 g/mol. The zero-order valence-corrected chi connectivity index (χ0v) is 10.3. The molecule has 3 N–H and O–H groups in total. The number of hydrogen-bond acceptors (Lipinski definition) is 4. The SMILES string of the molecule is N#Cc1cccc(OCC(O)c2ccc(N)cc2)c1. The minimum atomic E-state index is -0.730. The lowest BCUT2D eigenvalue weighted by Gasteiger charge is -2.13. The van der Waals surface area contributed by atoms with Crippen LogP contribution in [0, 0.1) is 11.3 Å². The molecule has 0 saturated carbocycles. The molecule has 2 rings (SSSR count). The molecule has 0 aliphatic heterocycles. The Balaban J connectivity index is 1.98. The molecule has 4 heteroatoms. The number of aliphatic hydroxyl groups excluding tert-OH is 1. The van der Waals surface area contributed by atoms with Gasteiger partial charge in [-0.05, 0) is 35.9 Å². The van der Waals surface area contributed by atoms with Crippen LogP contribution in [0.5, 0.6) is 5.75 Å². The molecule has 0 aliphatic rings. The molecule has 4 nitrogen and oxygen atoms in total. The summed E-state index contributed by atoms with van der Waals surface area (Å²) in [5.74, 6) is 0.563. The average molecular weight is 254 g/mol. The van der Waals surface area contributed by atoms with Crippen LogP contribution >= 0.6 is 0 Å². The van der Waals surface area contributed by atoms with Crippen molar-refractivity contribution in [3.05, 3.63) is 59.7 Å². The third-order valence-corrected chi connectivity index (χ3v) is 2.69. The molecule has 96 valence electrons. The van der Waals surface area contributed by atoms with Crippen LogP contribution in [-0.4, -0.2) is 11.7 Å². The molecule has 0 aromatic heterocycles. The first-order chi connectivity index (χ1) is 9.19. The maximum atomic E-state index is 9.97. The molecule has 0 aliphatic carbocycles. The Kier molecular flexibility index (Phi) is 4.01. The summed E-state index contributed by atoms with van der Waals surface area (Å²) in [6.45, 7) is 0.124. The van der Waals surface area contributed by atoms with Crippen LogP contribution in [0.15, 0.2) is 48.5 Å². The minimum absolute atomic E-state index is 0.124. The van der Waals surface area contributed by atoms with Crippen molar-refractivity contribution in [3.8, 4) is 11.8 Å². The molecule has 2 aromatic rings. The zero-order chi connectivity index (χ0) is 13.7. The van der Waals surface area contributed by atoms with Gasteiger partial charge >= 0.3 is 0 Å². The topological polar surface area (TPSA) is 79.3 Å². The van der Waals surface area contributed by atoms with E-state index < -0.39 is 6.10 Å². The van der Waals surface area contributed by atoms with Crippen molar-refractivity contribution in [2.24, 2.45) is 0 Å². The summed E-state index contributed by atoms with van der Waals surface area (Å²) in [5.41, 5.74) is 7.50. The Morgan fingerprint density at radius 2 is 1.95 bits per heavy atom. The summed E-state index contributed by atoms with van der Waals surface area (Å²) in [6.07, 6.45) is -0.730. The largest absolute Gasteiger partial charge is 0.490 e. The molecule has 0 heterocycles. The van der Waals surface area contributed by atoms with E-state index >= 15 is 0 Å². The van der Waals surface area contributed by atoms with Crippen molar-refractivity contribution in [3.63, 3.8) is 0 Å². The average Bonchev–Trinajstić information content (AvgIpc) is 2.46. The number of ether oxygens (including phenoxy) is 1. The molecule has 0 fully saturated rings. The van der Waals surface area contributed by atoms with Crippen LogP contribution in [0.2, 0.25) is 0 Å². The van der Waals surface area contributed by atoms with Gasteiger partial charge in [0.25, 0.3) is 0 Å². The first-order valence-corrected chi connectivity index (χ1v) is 5.85. The van der Waals surface area contributed by atoms with Crippen LogP contribution in [0.3, 0.4) is 0 Å². The van der Waals surface area contributed by atoms with Gasteiger partial charge in [0.05, 0.1) is 11.6 Å². The van der Waals surface area contributed by atoms with E-state index in [0.29, 0.717) is 17.0 Å². The van der Waals surface area contributed by atoms with Crippen LogP contribution < -0.4 is 10.5 Å². The molecule has 0 radical (unpaired) electrons. The van der Waals surface area contributed by atoms with Gasteiger partial charge in [0.2, 0.25) is 0 Å². The number of benzene rings is 2. The fraction of sp³-hybridized carbons (Fsp3) is 0.133. The summed E-state index contributed by atoms with van der Waals surface area (Å²) in [5, 5.41) is 18.7. The van der Waals surface area contributed by atoms with Gasteiger partial charge in [0, 0.05) is 5.69 Å². The van der Waals surface area contributed by atoms with Crippen molar-refractivity contribution < 1.29 is 9.84 Å². The fourth-order valence-corrected chi connectivity index (χ4v) is 1.64. The second kappa shape index (κ2) is 5.89. The quantitative estimate of drug-likeness (QED) is 0.820. The Bertz CT molecular complexity index is 588. The van der Waals surface area contributed by atoms with Gasteiger partial charge in [0.15, 0.2) is 0 Å². The van der Waals surface area contributed by atoms with Crippen LogP contribution in [0.1, 0.15) is 17.2 Å². The highest BCUT2D eigenvalue weighted by Gasteiger charge is 2.08. The third-order valence-electron chi connectivity index (χ3n) is 2.69. The number of aliphatic hydroxyl groups is 1. The Hall–Kier alpha value is -2.51. The van der Waals surface area contributed by atoms with Crippen LogP contribution in [0.4, 0.5) is 5.69 Å². The summed E-state index contributed by atoms with van der Waals surface area (Å²) in [6, 6.07) is 15.8. The molecule has 0 bridgehead atoms. The molecule has 0 saturated heterocycles. The van der Waals surface area contributed by atoms with Gasteiger partial charge in [-0.15, -0.1) is 0 Å². The number of rotatable bonds is 4. The maximum Gasteiger partial charge on any atom is 0.120 e. The lowest BCUT2D eigenvalue weighted by atomic mass is 10.1. The van der Waals surface area contributed by atoms with E-state index in [0.717, 1.165) is 5.56 Å². The van der Waals surface area contributed by atoms with E-state index in [1.165, 1.54) is 0 Å². The monoisotopic (exact) mass is 254 g/mol. The van der Waals surface area contributed by atoms with E-state index in [2.05, 4.69) is 0 Å². The standard InChI is InChI=1S/C15H14N2O2/c16-9-11-2-1-3-14(8-11)19-10-15(18)12-4-6-13(17)7-5-12/h1-8,15,18H,10,17H2. The second-order valence-corrected chi connectivity index (χ2v) is 4.13. The van der Waals surface area contributed by atoms with Gasteiger partial charge in [-0.3, -0.25) is 0 Å². The minimum Gasteiger partial charge on any atom is -0.490 e. The highest BCUT2D eigenvalue weighted by Crippen LogP contribution is 2.18. The van der Waals surface area contributed by atoms with Crippen molar-refractivity contribution in [2.45, 2.75) is 6.10 Å². The smallest absolute Gasteiger partial charge is 0.120 e. The Morgan fingerprint density at radius 1 is 1.21 bits per heavy atom. The molecular formula is C15H14N2O2. The number of hydrogen-bond donors (Lipinski definition) is 2. The molecule has 19 heavy (non-hydrogen) atoms. The third kappa shape index (κ3) is 3.47. The molecule has 1 atom stereocenters. The van der Waals surface area contributed by atoms with Gasteiger partial charge in [-0.2, -0.15) is 5.26 Å². The molecule has 2 aromatic carbocycles. The highest BCUT2D eigenvalue weighted by molar-refractivity contribution is 5.40. The number of nitrogen functional groups attached to an aromatic ring is 1. The zero-order valence-electron chi connectivity index (χ0n) is 10.3. The number of nitrogens with two attached hydrogens (primary N) is 1. The van der Waals surface area contributed by atoms with Crippen molar-refractivity contribution >= 4 is 5.69 Å². The van der Waals surface area contributed by atoms with E-state index in [4.69, 9.17) is 15.7 Å². The number of nitrogens with zero attached hydrogens (tertiary/aromatic N) is 1. The van der Waals surface area contributed by atoms with Gasteiger partial charge < -0.3 is 15.6 Å². The van der Waals surface area contributed by atoms with E-state index in [9.17, 15) is 5.11 Å². The highest BCUT2D eigenvalue weighted by atomic mass is 16.5. The molecule has 0 amide bonds. The van der Waals surface area contributed by atoms with Crippen molar-refractivity contribution in [1.82, 2.24) is 0 Å². The lowest BCUT2D eigenvalue weighted by molar-refractivity contribution is 0.108. The number of anilines is 1. The molecule has 0 spiro atoms. The van der Waals surface area contributed by atoms with Crippen LogP contribution in [0.25, 0.3) is 0 Å².